The molecule has 1 aromatic carbocycles. The van der Waals surface area contributed by atoms with E-state index in [0.717, 1.165) is 17.3 Å². The Bertz CT molecular complexity index is 779. The zero-order valence-electron chi connectivity index (χ0n) is 13.7. The first-order chi connectivity index (χ1) is 10.7. The molecule has 3 rings (SSSR count). The van der Waals surface area contributed by atoms with E-state index in [0.29, 0.717) is 18.5 Å². The third-order valence-electron chi connectivity index (χ3n) is 4.70. The number of carboxylic acids is 1. The van der Waals surface area contributed by atoms with Crippen LogP contribution in [0, 0.1) is 0 Å². The summed E-state index contributed by atoms with van der Waals surface area (Å²) in [4.78, 5) is 26.9. The van der Waals surface area contributed by atoms with E-state index >= 15 is 0 Å². The number of aliphatic carboxylic acids is 1. The third-order valence-corrected chi connectivity index (χ3v) is 4.70. The fourth-order valence-electron chi connectivity index (χ4n) is 2.92. The molecule has 0 spiro atoms. The van der Waals surface area contributed by atoms with Gasteiger partial charge in [0.2, 0.25) is 0 Å². The van der Waals surface area contributed by atoms with Gasteiger partial charge in [-0.1, -0.05) is 32.9 Å². The molecule has 1 aliphatic carbocycles. The van der Waals surface area contributed by atoms with Crippen LogP contribution in [0.4, 0.5) is 0 Å². The van der Waals surface area contributed by atoms with Gasteiger partial charge in [-0.15, -0.1) is 0 Å². The molecule has 1 fully saturated rings. The van der Waals surface area contributed by atoms with Crippen LogP contribution in [-0.4, -0.2) is 27.5 Å². The Kier molecular flexibility index (Phi) is 3.47. The van der Waals surface area contributed by atoms with Gasteiger partial charge in [0, 0.05) is 10.9 Å². The van der Waals surface area contributed by atoms with Gasteiger partial charge in [-0.25, -0.2) is 4.79 Å². The molecule has 0 radical (unpaired) electrons. The summed E-state index contributed by atoms with van der Waals surface area (Å²) in [6.45, 7) is 6.41. The first kappa shape index (κ1) is 15.6. The molecular formula is C18H22N2O3. The van der Waals surface area contributed by atoms with Crippen LogP contribution in [0.25, 0.3) is 10.9 Å². The average molecular weight is 314 g/mol. The van der Waals surface area contributed by atoms with Crippen molar-refractivity contribution in [2.45, 2.75) is 51.0 Å². The summed E-state index contributed by atoms with van der Waals surface area (Å²) in [5.41, 5.74) is 1.41. The van der Waals surface area contributed by atoms with Crippen molar-refractivity contribution in [3.8, 4) is 0 Å². The van der Waals surface area contributed by atoms with E-state index in [-0.39, 0.29) is 11.3 Å². The monoisotopic (exact) mass is 314 g/mol. The average Bonchev–Trinajstić information content (AvgIpc) is 2.84. The lowest BCUT2D eigenvalue weighted by molar-refractivity contribution is -0.148. The molecule has 1 amide bonds. The molecule has 0 aliphatic heterocycles. The predicted octanol–water partition coefficient (Wildman–Crippen LogP) is 3.20. The van der Waals surface area contributed by atoms with Crippen LogP contribution in [0.5, 0.6) is 0 Å². The van der Waals surface area contributed by atoms with Crippen molar-refractivity contribution in [1.82, 2.24) is 10.3 Å². The highest BCUT2D eigenvalue weighted by Crippen LogP contribution is 2.32. The molecule has 2 aromatic rings. The minimum atomic E-state index is -1.09. The lowest BCUT2D eigenvalue weighted by atomic mass is 9.76. The van der Waals surface area contributed by atoms with Gasteiger partial charge >= 0.3 is 5.97 Å². The molecule has 0 bridgehead atoms. The number of aromatic nitrogens is 1. The molecule has 1 heterocycles. The number of carboxylic acid groups (broad SMARTS) is 1. The number of carbonyl (C=O) groups excluding carboxylic acids is 1. The van der Waals surface area contributed by atoms with Crippen molar-refractivity contribution >= 4 is 22.8 Å². The number of rotatable bonds is 3. The molecule has 0 unspecified atom stereocenters. The summed E-state index contributed by atoms with van der Waals surface area (Å²) in [5.74, 6) is -1.32. The Morgan fingerprint density at radius 1 is 1.22 bits per heavy atom. The first-order valence-electron chi connectivity index (χ1n) is 7.90. The van der Waals surface area contributed by atoms with Crippen molar-refractivity contribution in [1.29, 1.82) is 0 Å². The van der Waals surface area contributed by atoms with Crippen LogP contribution in [0.15, 0.2) is 24.3 Å². The van der Waals surface area contributed by atoms with Crippen molar-refractivity contribution < 1.29 is 14.7 Å². The Morgan fingerprint density at radius 3 is 2.43 bits per heavy atom. The Hall–Kier alpha value is -2.30. The van der Waals surface area contributed by atoms with Crippen LogP contribution in [0.3, 0.4) is 0 Å². The number of H-pyrrole nitrogens is 1. The number of hydrogen-bond donors (Lipinski definition) is 3. The quantitative estimate of drug-likeness (QED) is 0.813. The van der Waals surface area contributed by atoms with E-state index in [2.05, 4.69) is 37.1 Å². The third kappa shape index (κ3) is 2.71. The van der Waals surface area contributed by atoms with Crippen molar-refractivity contribution in [2.24, 2.45) is 0 Å². The minimum Gasteiger partial charge on any atom is -0.480 e. The van der Waals surface area contributed by atoms with Gasteiger partial charge in [0.1, 0.15) is 11.2 Å². The summed E-state index contributed by atoms with van der Waals surface area (Å²) in [6.07, 6.45) is 1.80. The highest BCUT2D eigenvalue weighted by molar-refractivity contribution is 6.00. The van der Waals surface area contributed by atoms with Crippen LogP contribution in [0.1, 0.15) is 56.1 Å². The highest BCUT2D eigenvalue weighted by atomic mass is 16.4. The molecule has 0 atom stereocenters. The van der Waals surface area contributed by atoms with Gasteiger partial charge in [-0.2, -0.15) is 0 Å². The molecule has 3 N–H and O–H groups in total. The lowest BCUT2D eigenvalue weighted by Crippen LogP contribution is -2.59. The zero-order valence-corrected chi connectivity index (χ0v) is 13.7. The normalized spacial score (nSPS) is 16.8. The number of nitrogens with one attached hydrogen (secondary N) is 2. The maximum atomic E-state index is 12.4. The lowest BCUT2D eigenvalue weighted by Gasteiger charge is -2.38. The standard InChI is InChI=1S/C18H22N2O3/c1-17(2,3)12-6-5-11-9-14(19-13(11)10-12)15(21)20-18(16(22)23)7-4-8-18/h5-6,9-10,19H,4,7-8H2,1-3H3,(H,20,21)(H,22,23). The molecule has 0 saturated heterocycles. The molecule has 1 saturated carbocycles. The van der Waals surface area contributed by atoms with Crippen LogP contribution in [0.2, 0.25) is 0 Å². The van der Waals surface area contributed by atoms with Gasteiger partial charge < -0.3 is 15.4 Å². The van der Waals surface area contributed by atoms with E-state index in [1.165, 1.54) is 5.56 Å². The summed E-state index contributed by atoms with van der Waals surface area (Å²) < 4.78 is 0. The van der Waals surface area contributed by atoms with Gasteiger partial charge in [0.25, 0.3) is 5.91 Å². The fourth-order valence-corrected chi connectivity index (χ4v) is 2.92. The van der Waals surface area contributed by atoms with Gasteiger partial charge in [0.05, 0.1) is 0 Å². The molecule has 23 heavy (non-hydrogen) atoms. The van der Waals surface area contributed by atoms with E-state index in [1.54, 1.807) is 6.07 Å². The zero-order chi connectivity index (χ0) is 16.8. The maximum Gasteiger partial charge on any atom is 0.329 e. The Balaban J connectivity index is 1.88. The van der Waals surface area contributed by atoms with Gasteiger partial charge in [-0.3, -0.25) is 4.79 Å². The van der Waals surface area contributed by atoms with Crippen molar-refractivity contribution in [3.63, 3.8) is 0 Å². The number of benzene rings is 1. The second kappa shape index (κ2) is 5.11. The maximum absolute atomic E-state index is 12.4. The summed E-state index contributed by atoms with van der Waals surface area (Å²) in [5, 5.41) is 12.9. The molecule has 5 heteroatoms. The van der Waals surface area contributed by atoms with Crippen molar-refractivity contribution in [3.05, 3.63) is 35.5 Å². The van der Waals surface area contributed by atoms with E-state index < -0.39 is 11.5 Å². The fraction of sp³-hybridized carbons (Fsp3) is 0.444. The largest absolute Gasteiger partial charge is 0.480 e. The number of fused-ring (bicyclic) bond motifs is 1. The van der Waals surface area contributed by atoms with Crippen molar-refractivity contribution in [2.75, 3.05) is 0 Å². The summed E-state index contributed by atoms with van der Waals surface area (Å²) >= 11 is 0. The predicted molar refractivity (Wildman–Crippen MR) is 88.7 cm³/mol. The number of amides is 1. The van der Waals surface area contributed by atoms with E-state index in [4.69, 9.17) is 0 Å². The minimum absolute atomic E-state index is 0.0288. The second-order valence-corrected chi connectivity index (χ2v) is 7.43. The Labute approximate surface area is 135 Å². The Morgan fingerprint density at radius 2 is 1.91 bits per heavy atom. The number of carbonyl (C=O) groups is 2. The second-order valence-electron chi connectivity index (χ2n) is 7.43. The molecule has 1 aliphatic rings. The smallest absolute Gasteiger partial charge is 0.329 e. The molecule has 122 valence electrons. The summed E-state index contributed by atoms with van der Waals surface area (Å²) in [7, 11) is 0. The number of hydrogen-bond acceptors (Lipinski definition) is 2. The topological polar surface area (TPSA) is 82.2 Å². The van der Waals surface area contributed by atoms with Gasteiger partial charge in [-0.05, 0) is 42.4 Å². The van der Waals surface area contributed by atoms with E-state index in [9.17, 15) is 14.7 Å². The molecule has 1 aromatic heterocycles. The summed E-state index contributed by atoms with van der Waals surface area (Å²) in [6, 6.07) is 7.86. The molecular weight excluding hydrogens is 292 g/mol. The van der Waals surface area contributed by atoms with Crippen LogP contribution < -0.4 is 5.32 Å². The van der Waals surface area contributed by atoms with Gasteiger partial charge in [0.15, 0.2) is 0 Å². The highest BCUT2D eigenvalue weighted by Gasteiger charge is 2.45. The molecule has 5 nitrogen and oxygen atoms in total. The van der Waals surface area contributed by atoms with E-state index in [1.807, 2.05) is 12.1 Å². The SMILES string of the molecule is CC(C)(C)c1ccc2cc(C(=O)NC3(C(=O)O)CCC3)[nH]c2c1. The number of aromatic amines is 1. The van der Waals surface area contributed by atoms with Crippen LogP contribution >= 0.6 is 0 Å². The van der Waals surface area contributed by atoms with Crippen LogP contribution in [-0.2, 0) is 10.2 Å². The first-order valence-corrected chi connectivity index (χ1v) is 7.90.